The number of halogens is 1. The molecule has 0 bridgehead atoms. The van der Waals surface area contributed by atoms with Crippen molar-refractivity contribution >= 4 is 11.7 Å². The highest BCUT2D eigenvalue weighted by Crippen LogP contribution is 2.42. The van der Waals surface area contributed by atoms with Crippen molar-refractivity contribution in [2.24, 2.45) is 0 Å². The Morgan fingerprint density at radius 2 is 1.74 bits per heavy atom. The van der Waals surface area contributed by atoms with E-state index in [1.54, 1.807) is 25.2 Å². The average molecular weight is 485 g/mol. The van der Waals surface area contributed by atoms with E-state index in [-0.39, 0.29) is 18.0 Å². The van der Waals surface area contributed by atoms with E-state index in [2.05, 4.69) is 0 Å². The Hall–Kier alpha value is -2.64. The van der Waals surface area contributed by atoms with Crippen LogP contribution in [0.2, 0.25) is 0 Å². The van der Waals surface area contributed by atoms with Crippen LogP contribution in [0.5, 0.6) is 5.75 Å². The molecule has 1 saturated carbocycles. The van der Waals surface area contributed by atoms with Crippen LogP contribution in [-0.4, -0.2) is 51.4 Å². The number of carbonyl (C=O) groups is 1. The van der Waals surface area contributed by atoms with Crippen molar-refractivity contribution in [2.45, 2.75) is 63.3 Å². The summed E-state index contributed by atoms with van der Waals surface area (Å²) in [4.78, 5) is 16.4. The number of piperidine rings is 1. The molecule has 2 aromatic carbocycles. The lowest BCUT2D eigenvalue weighted by atomic mass is 9.78. The number of carbonyl (C=O) groups excluding carboxylic acids is 1. The van der Waals surface area contributed by atoms with Crippen LogP contribution in [0.3, 0.4) is 0 Å². The molecule has 7 heteroatoms. The van der Waals surface area contributed by atoms with Gasteiger partial charge in [0.05, 0.1) is 11.7 Å². The molecular weight excluding hydrogens is 447 g/mol. The van der Waals surface area contributed by atoms with Crippen LogP contribution in [-0.2, 0) is 21.7 Å². The van der Waals surface area contributed by atoms with E-state index in [0.717, 1.165) is 68.4 Å². The van der Waals surface area contributed by atoms with E-state index in [4.69, 9.17) is 14.2 Å². The monoisotopic (exact) mass is 484 g/mol. The van der Waals surface area contributed by atoms with Gasteiger partial charge in [-0.2, -0.15) is 0 Å². The molecule has 2 aromatic rings. The zero-order valence-electron chi connectivity index (χ0n) is 21.1. The highest BCUT2D eigenvalue weighted by Gasteiger charge is 2.37. The normalized spacial score (nSPS) is 22.6. The summed E-state index contributed by atoms with van der Waals surface area (Å²) in [7, 11) is 5.23. The Balaban J connectivity index is 1.39. The zero-order valence-corrected chi connectivity index (χ0v) is 21.1. The number of amides is 2. The quantitative estimate of drug-likeness (QED) is 0.493. The first-order chi connectivity index (χ1) is 16.9. The number of rotatable bonds is 7. The molecule has 1 heterocycles. The Kier molecular flexibility index (Phi) is 8.29. The van der Waals surface area contributed by atoms with Gasteiger partial charge < -0.3 is 19.1 Å². The van der Waals surface area contributed by atoms with Crippen molar-refractivity contribution in [3.05, 3.63) is 59.4 Å². The molecule has 4 rings (SSSR count). The highest BCUT2D eigenvalue weighted by molar-refractivity contribution is 5.91. The number of hydrogen-bond acceptors (Lipinski definition) is 4. The lowest BCUT2D eigenvalue weighted by molar-refractivity contribution is -0.0764. The molecule has 2 fully saturated rings. The Bertz CT molecular complexity index is 983. The number of urea groups is 1. The van der Waals surface area contributed by atoms with Gasteiger partial charge in [0.2, 0.25) is 0 Å². The maximum absolute atomic E-state index is 14.5. The van der Waals surface area contributed by atoms with E-state index in [9.17, 15) is 9.18 Å². The molecule has 0 aromatic heterocycles. The summed E-state index contributed by atoms with van der Waals surface area (Å²) in [5, 5.41) is 0. The third-order valence-electron chi connectivity index (χ3n) is 7.50. The fraction of sp³-hybridized carbons (Fsp3) is 0.536. The first-order valence-corrected chi connectivity index (χ1v) is 12.6. The fourth-order valence-corrected chi connectivity index (χ4v) is 5.20. The van der Waals surface area contributed by atoms with Gasteiger partial charge >= 0.3 is 6.03 Å². The summed E-state index contributed by atoms with van der Waals surface area (Å²) in [6, 6.07) is 12.6. The van der Waals surface area contributed by atoms with E-state index >= 15 is 0 Å². The number of ether oxygens (including phenoxy) is 3. The Morgan fingerprint density at radius 1 is 1.06 bits per heavy atom. The van der Waals surface area contributed by atoms with Crippen molar-refractivity contribution in [1.82, 2.24) is 4.90 Å². The van der Waals surface area contributed by atoms with Gasteiger partial charge in [-0.1, -0.05) is 12.1 Å². The van der Waals surface area contributed by atoms with Crippen LogP contribution in [0.25, 0.3) is 0 Å². The molecule has 1 aliphatic heterocycles. The summed E-state index contributed by atoms with van der Waals surface area (Å²) >= 11 is 0. The lowest BCUT2D eigenvalue weighted by Crippen LogP contribution is -2.43. The van der Waals surface area contributed by atoms with Gasteiger partial charge in [-0.05, 0) is 80.3 Å². The second-order valence-corrected chi connectivity index (χ2v) is 9.65. The van der Waals surface area contributed by atoms with Gasteiger partial charge in [-0.15, -0.1) is 0 Å². The smallest absolute Gasteiger partial charge is 0.324 e. The van der Waals surface area contributed by atoms with Crippen molar-refractivity contribution < 1.29 is 23.4 Å². The third kappa shape index (κ3) is 5.96. The number of benzene rings is 2. The molecule has 6 nitrogen and oxygen atoms in total. The van der Waals surface area contributed by atoms with Crippen LogP contribution in [0.1, 0.15) is 56.1 Å². The van der Waals surface area contributed by atoms with Gasteiger partial charge in [-0.3, -0.25) is 4.90 Å². The maximum Gasteiger partial charge on any atom is 0.324 e. The largest absolute Gasteiger partial charge is 0.489 e. The topological polar surface area (TPSA) is 51.2 Å². The number of anilines is 1. The Labute approximate surface area is 208 Å². The Morgan fingerprint density at radius 3 is 2.37 bits per heavy atom. The first-order valence-electron chi connectivity index (χ1n) is 12.6. The van der Waals surface area contributed by atoms with Crippen LogP contribution in [0.4, 0.5) is 14.9 Å². The summed E-state index contributed by atoms with van der Waals surface area (Å²) < 4.78 is 31.9. The van der Waals surface area contributed by atoms with Crippen LogP contribution in [0, 0.1) is 5.82 Å². The van der Waals surface area contributed by atoms with Gasteiger partial charge in [0.25, 0.3) is 0 Å². The number of nitrogens with zero attached hydrogens (tertiary/aromatic N) is 2. The summed E-state index contributed by atoms with van der Waals surface area (Å²) in [5.41, 5.74) is 2.06. The standard InChI is InChI=1S/C28H37FN2O4/c1-30(27(32)31-15-5-4-6-16-31)24-9-7-21(8-10-24)20-35-26-18-22(17-23(29)19-26)28(34-3)13-11-25(33-2)12-14-28/h7-10,17-19,25H,4-6,11-16,20H2,1-3H3/t25-,28-. The average Bonchev–Trinajstić information content (AvgIpc) is 2.91. The predicted molar refractivity (Wildman–Crippen MR) is 134 cm³/mol. The molecule has 2 amide bonds. The predicted octanol–water partition coefficient (Wildman–Crippen LogP) is 5.88. The van der Waals surface area contributed by atoms with Crippen LogP contribution >= 0.6 is 0 Å². The molecule has 0 spiro atoms. The van der Waals surface area contributed by atoms with E-state index < -0.39 is 5.60 Å². The minimum atomic E-state index is -0.525. The fourth-order valence-electron chi connectivity index (χ4n) is 5.20. The SMILES string of the molecule is CO[C@H]1CC[C@@](OC)(c2cc(F)cc(OCc3ccc(N(C)C(=O)N4CCCCC4)cc3)c2)CC1. The van der Waals surface area contributed by atoms with E-state index in [0.29, 0.717) is 12.4 Å². The lowest BCUT2D eigenvalue weighted by Gasteiger charge is -2.39. The molecule has 2 aliphatic rings. The summed E-state index contributed by atoms with van der Waals surface area (Å²) in [6.07, 6.45) is 6.84. The first kappa shape index (κ1) is 25.5. The molecule has 1 aliphatic carbocycles. The minimum absolute atomic E-state index is 0.0348. The number of methoxy groups -OCH3 is 2. The van der Waals surface area contributed by atoms with E-state index in [1.807, 2.05) is 42.3 Å². The highest BCUT2D eigenvalue weighted by atomic mass is 19.1. The summed E-state index contributed by atoms with van der Waals surface area (Å²) in [6.45, 7) is 1.95. The minimum Gasteiger partial charge on any atom is -0.489 e. The van der Waals surface area contributed by atoms with Gasteiger partial charge in [0.15, 0.2) is 0 Å². The molecule has 0 atom stereocenters. The molecular formula is C28H37FN2O4. The van der Waals surface area contributed by atoms with Crippen LogP contribution < -0.4 is 9.64 Å². The van der Waals surface area contributed by atoms with Gasteiger partial charge in [0.1, 0.15) is 18.2 Å². The van der Waals surface area contributed by atoms with Crippen LogP contribution in [0.15, 0.2) is 42.5 Å². The van der Waals surface area contributed by atoms with Crippen molar-refractivity contribution in [3.8, 4) is 5.75 Å². The second kappa shape index (κ2) is 11.4. The molecule has 35 heavy (non-hydrogen) atoms. The molecule has 0 radical (unpaired) electrons. The zero-order chi connectivity index (χ0) is 24.8. The van der Waals surface area contributed by atoms with Crippen molar-refractivity contribution in [3.63, 3.8) is 0 Å². The van der Waals surface area contributed by atoms with Crippen molar-refractivity contribution in [2.75, 3.05) is 39.3 Å². The van der Waals surface area contributed by atoms with Crippen molar-refractivity contribution in [1.29, 1.82) is 0 Å². The maximum atomic E-state index is 14.5. The molecule has 0 unspecified atom stereocenters. The summed E-state index contributed by atoms with van der Waals surface area (Å²) in [5.74, 6) is 0.141. The second-order valence-electron chi connectivity index (χ2n) is 9.65. The molecule has 190 valence electrons. The molecule has 0 N–H and O–H groups in total. The molecule has 1 saturated heterocycles. The van der Waals surface area contributed by atoms with E-state index in [1.165, 1.54) is 12.5 Å². The third-order valence-corrected chi connectivity index (χ3v) is 7.50. The number of likely N-dealkylation sites (tertiary alicyclic amines) is 1. The number of hydrogen-bond donors (Lipinski definition) is 0. The van der Waals surface area contributed by atoms with Gasteiger partial charge in [-0.25, -0.2) is 9.18 Å². The van der Waals surface area contributed by atoms with Gasteiger partial charge in [0, 0.05) is 46.1 Å².